The van der Waals surface area contributed by atoms with Crippen LogP contribution in [-0.4, -0.2) is 48.8 Å². The Labute approximate surface area is 126 Å². The van der Waals surface area contributed by atoms with Crippen LogP contribution in [-0.2, 0) is 0 Å². The second kappa shape index (κ2) is 5.61. The van der Waals surface area contributed by atoms with Gasteiger partial charge in [0.15, 0.2) is 0 Å². The molecule has 6 heteroatoms. The molecule has 1 unspecified atom stereocenters. The average Bonchev–Trinajstić information content (AvgIpc) is 2.78. The number of nitrogens with zero attached hydrogens (tertiary/aromatic N) is 1. The summed E-state index contributed by atoms with van der Waals surface area (Å²) in [6.45, 7) is 2.63. The molecule has 0 bridgehead atoms. The van der Waals surface area contributed by atoms with Gasteiger partial charge in [-0.25, -0.2) is 0 Å². The predicted octanol–water partition coefficient (Wildman–Crippen LogP) is 2.06. The van der Waals surface area contributed by atoms with E-state index in [4.69, 9.17) is 9.47 Å². The molecule has 1 fully saturated rings. The molecular formula is C14H18BrNO4. The average molecular weight is 344 g/mol. The van der Waals surface area contributed by atoms with Gasteiger partial charge in [-0.2, -0.15) is 0 Å². The Bertz CT molecular complexity index is 505. The number of ether oxygens (including phenoxy) is 2. The molecule has 1 heterocycles. The topological polar surface area (TPSA) is 59.0 Å². The number of hydrogen-bond acceptors (Lipinski definition) is 4. The predicted molar refractivity (Wildman–Crippen MR) is 78.4 cm³/mol. The lowest BCUT2D eigenvalue weighted by Crippen LogP contribution is -2.33. The molecule has 0 aliphatic carbocycles. The van der Waals surface area contributed by atoms with Crippen LogP contribution in [0.3, 0.4) is 0 Å². The van der Waals surface area contributed by atoms with Gasteiger partial charge in [0, 0.05) is 18.7 Å². The molecule has 1 atom stereocenters. The minimum atomic E-state index is -0.806. The number of methoxy groups -OCH3 is 2. The highest BCUT2D eigenvalue weighted by molar-refractivity contribution is 9.10. The van der Waals surface area contributed by atoms with Crippen LogP contribution < -0.4 is 9.47 Å². The molecule has 1 aliphatic rings. The van der Waals surface area contributed by atoms with Crippen LogP contribution in [0, 0.1) is 0 Å². The van der Waals surface area contributed by atoms with Crippen molar-refractivity contribution in [3.05, 3.63) is 22.2 Å². The van der Waals surface area contributed by atoms with Crippen molar-refractivity contribution in [1.82, 2.24) is 4.90 Å². The lowest BCUT2D eigenvalue weighted by atomic mass is 10.1. The molecular weight excluding hydrogens is 326 g/mol. The number of rotatable bonds is 3. The Hall–Kier alpha value is -1.27. The van der Waals surface area contributed by atoms with Crippen molar-refractivity contribution in [3.63, 3.8) is 0 Å². The number of carbonyl (C=O) groups excluding carboxylic acids is 1. The van der Waals surface area contributed by atoms with E-state index in [-0.39, 0.29) is 5.91 Å². The maximum atomic E-state index is 12.5. The summed E-state index contributed by atoms with van der Waals surface area (Å²) in [7, 11) is 3.07. The Balaban J connectivity index is 2.31. The van der Waals surface area contributed by atoms with E-state index in [1.807, 2.05) is 0 Å². The zero-order valence-electron chi connectivity index (χ0n) is 11.8. The maximum absolute atomic E-state index is 12.5. The normalized spacial score (nSPS) is 21.9. The van der Waals surface area contributed by atoms with Crippen LogP contribution in [0.1, 0.15) is 23.7 Å². The standard InChI is InChI=1S/C14H18BrNO4/c1-14(18)4-5-16(8-14)13(17)9-6-10(19-2)12(15)11(7-9)20-3/h6-7,18H,4-5,8H2,1-3H3. The van der Waals surface area contributed by atoms with E-state index >= 15 is 0 Å². The van der Waals surface area contributed by atoms with Gasteiger partial charge in [0.25, 0.3) is 5.91 Å². The highest BCUT2D eigenvalue weighted by Gasteiger charge is 2.34. The molecule has 0 saturated carbocycles. The molecule has 1 saturated heterocycles. The fourth-order valence-electron chi connectivity index (χ4n) is 2.29. The number of halogens is 1. The number of benzene rings is 1. The van der Waals surface area contributed by atoms with Crippen LogP contribution in [0.2, 0.25) is 0 Å². The zero-order chi connectivity index (χ0) is 14.9. The largest absolute Gasteiger partial charge is 0.495 e. The van der Waals surface area contributed by atoms with Crippen molar-refractivity contribution in [1.29, 1.82) is 0 Å². The summed E-state index contributed by atoms with van der Waals surface area (Å²) in [6, 6.07) is 3.34. The quantitative estimate of drug-likeness (QED) is 0.912. The third-order valence-electron chi connectivity index (χ3n) is 3.43. The summed E-state index contributed by atoms with van der Waals surface area (Å²) < 4.78 is 11.1. The van der Waals surface area contributed by atoms with E-state index in [9.17, 15) is 9.90 Å². The van der Waals surface area contributed by atoms with E-state index in [1.54, 1.807) is 24.0 Å². The molecule has 5 nitrogen and oxygen atoms in total. The number of hydrogen-bond donors (Lipinski definition) is 1. The van der Waals surface area contributed by atoms with Crippen molar-refractivity contribution in [2.75, 3.05) is 27.3 Å². The second-order valence-electron chi connectivity index (χ2n) is 5.17. The Morgan fingerprint density at radius 3 is 2.30 bits per heavy atom. The summed E-state index contributed by atoms with van der Waals surface area (Å²) in [6.07, 6.45) is 0.587. The molecule has 2 rings (SSSR count). The molecule has 1 aromatic rings. The number of amides is 1. The Morgan fingerprint density at radius 1 is 1.35 bits per heavy atom. The maximum Gasteiger partial charge on any atom is 0.254 e. The van der Waals surface area contributed by atoms with Gasteiger partial charge in [0.1, 0.15) is 16.0 Å². The molecule has 1 N–H and O–H groups in total. The van der Waals surface area contributed by atoms with Crippen molar-refractivity contribution in [2.24, 2.45) is 0 Å². The molecule has 1 amide bonds. The fraction of sp³-hybridized carbons (Fsp3) is 0.500. The van der Waals surface area contributed by atoms with Gasteiger partial charge in [0.2, 0.25) is 0 Å². The van der Waals surface area contributed by atoms with Gasteiger partial charge in [-0.05, 0) is 41.4 Å². The lowest BCUT2D eigenvalue weighted by molar-refractivity contribution is 0.0572. The van der Waals surface area contributed by atoms with Crippen molar-refractivity contribution >= 4 is 21.8 Å². The van der Waals surface area contributed by atoms with Crippen LogP contribution in [0.4, 0.5) is 0 Å². The molecule has 20 heavy (non-hydrogen) atoms. The van der Waals surface area contributed by atoms with Gasteiger partial charge in [-0.15, -0.1) is 0 Å². The van der Waals surface area contributed by atoms with E-state index in [2.05, 4.69) is 15.9 Å². The molecule has 1 aromatic carbocycles. The zero-order valence-corrected chi connectivity index (χ0v) is 13.4. The van der Waals surface area contributed by atoms with Gasteiger partial charge in [-0.1, -0.05) is 0 Å². The second-order valence-corrected chi connectivity index (χ2v) is 5.96. The first-order valence-corrected chi connectivity index (χ1v) is 7.10. The molecule has 0 spiro atoms. The van der Waals surface area contributed by atoms with Gasteiger partial charge in [0.05, 0.1) is 19.8 Å². The summed E-state index contributed by atoms with van der Waals surface area (Å²) >= 11 is 3.37. The number of likely N-dealkylation sites (tertiary alicyclic amines) is 1. The Morgan fingerprint density at radius 2 is 1.90 bits per heavy atom. The SMILES string of the molecule is COc1cc(C(=O)N2CCC(C)(O)C2)cc(OC)c1Br. The highest BCUT2D eigenvalue weighted by atomic mass is 79.9. The third kappa shape index (κ3) is 2.91. The van der Waals surface area contributed by atoms with Gasteiger partial charge < -0.3 is 19.5 Å². The summed E-state index contributed by atoms with van der Waals surface area (Å²) in [4.78, 5) is 14.1. The molecule has 0 aromatic heterocycles. The van der Waals surface area contributed by atoms with E-state index in [1.165, 1.54) is 14.2 Å². The smallest absolute Gasteiger partial charge is 0.254 e. The lowest BCUT2D eigenvalue weighted by Gasteiger charge is -2.20. The molecule has 110 valence electrons. The summed E-state index contributed by atoms with van der Waals surface area (Å²) in [5.41, 5.74) is -0.321. The van der Waals surface area contributed by atoms with E-state index < -0.39 is 5.60 Å². The van der Waals surface area contributed by atoms with Crippen LogP contribution >= 0.6 is 15.9 Å². The first kappa shape index (κ1) is 15.1. The minimum Gasteiger partial charge on any atom is -0.495 e. The van der Waals surface area contributed by atoms with Gasteiger partial charge in [-0.3, -0.25) is 4.79 Å². The first-order chi connectivity index (χ1) is 9.38. The van der Waals surface area contributed by atoms with Crippen LogP contribution in [0.25, 0.3) is 0 Å². The summed E-state index contributed by atoms with van der Waals surface area (Å²) in [5, 5.41) is 9.96. The fourth-order valence-corrected chi connectivity index (χ4v) is 2.85. The summed E-state index contributed by atoms with van der Waals surface area (Å²) in [5.74, 6) is 0.948. The first-order valence-electron chi connectivity index (χ1n) is 6.31. The van der Waals surface area contributed by atoms with Crippen molar-refractivity contribution in [3.8, 4) is 11.5 Å². The van der Waals surface area contributed by atoms with Crippen LogP contribution in [0.15, 0.2) is 16.6 Å². The van der Waals surface area contributed by atoms with Gasteiger partial charge >= 0.3 is 0 Å². The number of β-amino-alcohol motifs (C(OH)–C–C–N with tert-alkyl or cyclic N) is 1. The number of aliphatic hydroxyl groups is 1. The van der Waals surface area contributed by atoms with Crippen molar-refractivity contribution < 1.29 is 19.4 Å². The van der Waals surface area contributed by atoms with E-state index in [0.717, 1.165) is 0 Å². The van der Waals surface area contributed by atoms with Crippen LogP contribution in [0.5, 0.6) is 11.5 Å². The third-order valence-corrected chi connectivity index (χ3v) is 4.21. The highest BCUT2D eigenvalue weighted by Crippen LogP contribution is 2.36. The van der Waals surface area contributed by atoms with Crippen molar-refractivity contribution in [2.45, 2.75) is 18.9 Å². The molecule has 0 radical (unpaired) electrons. The monoisotopic (exact) mass is 343 g/mol. The Kier molecular flexibility index (Phi) is 4.25. The molecule has 1 aliphatic heterocycles. The number of carbonyl (C=O) groups is 1. The van der Waals surface area contributed by atoms with E-state index in [0.29, 0.717) is 41.0 Å². The minimum absolute atomic E-state index is 0.133.